The standard InChI is InChI=1S/C17H9Cl3F3N3O.C11H5Cl2F3N2O2.C6H6ClN/c18-10-6-5-9(7-12(10)20)26-15(17(21,22)23)8-14(25-26)16(27)24-13-4-2-1-3-11(13)19;12-6-2-1-5(3-7(6)13)18-9(11(14,15)16)4-8(17-18)10(19)20;7-5-3-1-2-4-6(5)8/h1-8H,(H,24,27);1-4H,(H,19,20);1-4H,8H2. The largest absolute Gasteiger partial charge is 0.476 e. The molecule has 55 heavy (non-hydrogen) atoms. The van der Waals surface area contributed by atoms with Crippen molar-refractivity contribution < 1.29 is 41.0 Å². The highest BCUT2D eigenvalue weighted by atomic mass is 35.5. The van der Waals surface area contributed by atoms with Gasteiger partial charge in [0.2, 0.25) is 0 Å². The van der Waals surface area contributed by atoms with Crippen LogP contribution in [0.4, 0.5) is 37.7 Å². The molecule has 0 saturated heterocycles. The van der Waals surface area contributed by atoms with Crippen molar-refractivity contribution in [3.05, 3.63) is 150 Å². The minimum absolute atomic E-state index is 0.00789. The second-order valence-electron chi connectivity index (χ2n) is 10.6. The van der Waals surface area contributed by atoms with Gasteiger partial charge in [0, 0.05) is 12.1 Å². The second-order valence-corrected chi connectivity index (χ2v) is 13.0. The van der Waals surface area contributed by atoms with E-state index in [9.17, 15) is 35.9 Å². The van der Waals surface area contributed by atoms with Crippen molar-refractivity contribution in [2.45, 2.75) is 12.4 Å². The van der Waals surface area contributed by atoms with E-state index in [0.29, 0.717) is 32.2 Å². The number of carbonyl (C=O) groups is 2. The number of nitrogen functional groups attached to an aromatic ring is 1. The Kier molecular flexibility index (Phi) is 14.0. The highest BCUT2D eigenvalue weighted by Gasteiger charge is 2.38. The maximum atomic E-state index is 13.4. The van der Waals surface area contributed by atoms with Gasteiger partial charge in [0.25, 0.3) is 5.91 Å². The monoisotopic (exact) mass is 884 g/mol. The molecule has 0 aliphatic rings. The Morgan fingerprint density at radius 2 is 1.02 bits per heavy atom. The van der Waals surface area contributed by atoms with Crippen LogP contribution in [0.3, 0.4) is 0 Å². The van der Waals surface area contributed by atoms with Crippen LogP contribution < -0.4 is 11.1 Å². The second kappa shape index (κ2) is 17.9. The number of carbonyl (C=O) groups excluding carboxylic acids is 1. The lowest BCUT2D eigenvalue weighted by molar-refractivity contribution is -0.143. The summed E-state index contributed by atoms with van der Waals surface area (Å²) < 4.78 is 79.9. The molecule has 9 nitrogen and oxygen atoms in total. The third-order valence-electron chi connectivity index (χ3n) is 6.77. The molecule has 0 atom stereocenters. The lowest BCUT2D eigenvalue weighted by Gasteiger charge is -2.10. The summed E-state index contributed by atoms with van der Waals surface area (Å²) in [7, 11) is 0. The number of carboxylic acids is 1. The molecule has 1 amide bonds. The average molecular weight is 887 g/mol. The fraction of sp³-hybridized carbons (Fsp3) is 0.0588. The Morgan fingerprint density at radius 1 is 0.582 bits per heavy atom. The number of carboxylic acid groups (broad SMARTS) is 1. The molecule has 0 aliphatic heterocycles. The van der Waals surface area contributed by atoms with Crippen LogP contribution in [0.25, 0.3) is 11.4 Å². The summed E-state index contributed by atoms with van der Waals surface area (Å²) in [5.41, 5.74) is 2.73. The van der Waals surface area contributed by atoms with Gasteiger partial charge in [-0.1, -0.05) is 93.9 Å². The molecule has 21 heteroatoms. The van der Waals surface area contributed by atoms with Crippen LogP contribution in [-0.2, 0) is 12.4 Å². The topological polar surface area (TPSA) is 128 Å². The number of nitrogens with one attached hydrogen (secondary N) is 1. The average Bonchev–Trinajstić information content (AvgIpc) is 3.78. The zero-order valence-electron chi connectivity index (χ0n) is 26.9. The van der Waals surface area contributed by atoms with Gasteiger partial charge in [-0.15, -0.1) is 0 Å². The normalized spacial score (nSPS) is 11.2. The van der Waals surface area contributed by atoms with E-state index in [1.54, 1.807) is 24.3 Å². The van der Waals surface area contributed by atoms with Gasteiger partial charge in [0.1, 0.15) is 11.4 Å². The number of halogens is 12. The van der Waals surface area contributed by atoms with Gasteiger partial charge in [-0.2, -0.15) is 36.5 Å². The zero-order chi connectivity index (χ0) is 40.8. The van der Waals surface area contributed by atoms with E-state index < -0.39 is 47.0 Å². The fourth-order valence-corrected chi connectivity index (χ4v) is 5.14. The molecule has 0 bridgehead atoms. The van der Waals surface area contributed by atoms with E-state index in [4.69, 9.17) is 80.4 Å². The van der Waals surface area contributed by atoms with E-state index in [2.05, 4.69) is 15.5 Å². The third kappa shape index (κ3) is 11.2. The molecule has 6 aromatic rings. The Morgan fingerprint density at radius 3 is 1.42 bits per heavy atom. The fourth-order valence-electron chi connectivity index (χ4n) is 4.23. The number of benzene rings is 4. The van der Waals surface area contributed by atoms with Gasteiger partial charge in [-0.3, -0.25) is 4.79 Å². The molecular weight excluding hydrogens is 867 g/mol. The Hall–Kier alpha value is -4.64. The molecule has 0 spiro atoms. The third-order valence-corrected chi connectivity index (χ3v) is 8.93. The van der Waals surface area contributed by atoms with E-state index in [1.165, 1.54) is 42.5 Å². The molecule has 0 fully saturated rings. The van der Waals surface area contributed by atoms with Gasteiger partial charge in [0.15, 0.2) is 11.4 Å². The Bertz CT molecular complexity index is 2330. The maximum Gasteiger partial charge on any atom is 0.433 e. The van der Waals surface area contributed by atoms with E-state index in [-0.39, 0.29) is 42.2 Å². The summed E-state index contributed by atoms with van der Waals surface area (Å²) in [4.78, 5) is 23.1. The molecule has 0 saturated carbocycles. The molecule has 2 heterocycles. The van der Waals surface area contributed by atoms with Crippen molar-refractivity contribution in [2.75, 3.05) is 11.1 Å². The van der Waals surface area contributed by atoms with Crippen molar-refractivity contribution in [2.24, 2.45) is 0 Å². The molecule has 4 N–H and O–H groups in total. The smallest absolute Gasteiger partial charge is 0.433 e. The lowest BCUT2D eigenvalue weighted by Crippen LogP contribution is -2.14. The number of aromatic nitrogens is 4. The highest BCUT2D eigenvalue weighted by molar-refractivity contribution is 6.42. The summed E-state index contributed by atoms with van der Waals surface area (Å²) in [6.07, 6.45) is -9.51. The quantitative estimate of drug-likeness (QED) is 0.117. The molecule has 0 unspecified atom stereocenters. The van der Waals surface area contributed by atoms with Crippen LogP contribution in [0.2, 0.25) is 30.1 Å². The number of aromatic carboxylic acids is 1. The number of nitrogens with two attached hydrogens (primary N) is 1. The first kappa shape index (κ1) is 43.1. The molecule has 2 aromatic heterocycles. The van der Waals surface area contributed by atoms with E-state index in [1.807, 2.05) is 12.1 Å². The predicted octanol–water partition coefficient (Wildman–Crippen LogP) is 11.9. The lowest BCUT2D eigenvalue weighted by atomic mass is 10.3. The number of anilines is 2. The molecule has 6 rings (SSSR count). The van der Waals surface area contributed by atoms with Crippen molar-refractivity contribution in [1.29, 1.82) is 0 Å². The number of hydrogen-bond donors (Lipinski definition) is 3. The predicted molar refractivity (Wildman–Crippen MR) is 199 cm³/mol. The van der Waals surface area contributed by atoms with Gasteiger partial charge in [0.05, 0.1) is 52.9 Å². The van der Waals surface area contributed by atoms with Gasteiger partial charge >= 0.3 is 18.3 Å². The summed E-state index contributed by atoms with van der Waals surface area (Å²) in [5.74, 6) is -2.40. The number of hydrogen-bond acceptors (Lipinski definition) is 5. The van der Waals surface area contributed by atoms with Crippen molar-refractivity contribution in [1.82, 2.24) is 19.6 Å². The molecule has 0 radical (unpaired) electrons. The van der Waals surface area contributed by atoms with Crippen LogP contribution in [0, 0.1) is 0 Å². The van der Waals surface area contributed by atoms with Crippen molar-refractivity contribution in [3.63, 3.8) is 0 Å². The number of para-hydroxylation sites is 2. The van der Waals surface area contributed by atoms with Crippen LogP contribution >= 0.6 is 69.6 Å². The first-order valence-corrected chi connectivity index (χ1v) is 17.0. The molecule has 0 aliphatic carbocycles. The number of amides is 1. The highest BCUT2D eigenvalue weighted by Crippen LogP contribution is 2.35. The maximum absolute atomic E-state index is 13.4. The first-order chi connectivity index (χ1) is 25.7. The van der Waals surface area contributed by atoms with Gasteiger partial charge < -0.3 is 16.2 Å². The van der Waals surface area contributed by atoms with Crippen LogP contribution in [0.1, 0.15) is 32.4 Å². The number of rotatable bonds is 5. The Labute approximate surface area is 336 Å². The summed E-state index contributed by atoms with van der Waals surface area (Å²) in [6, 6.07) is 22.2. The van der Waals surface area contributed by atoms with Crippen LogP contribution in [0.15, 0.2) is 97.1 Å². The summed E-state index contributed by atoms with van der Waals surface area (Å²) in [6.45, 7) is 0. The summed E-state index contributed by atoms with van der Waals surface area (Å²) in [5, 5.41) is 19.7. The van der Waals surface area contributed by atoms with Crippen molar-refractivity contribution >= 4 is 92.9 Å². The van der Waals surface area contributed by atoms with E-state index >= 15 is 0 Å². The van der Waals surface area contributed by atoms with Gasteiger partial charge in [-0.25, -0.2) is 14.2 Å². The minimum Gasteiger partial charge on any atom is -0.476 e. The number of alkyl halides is 6. The van der Waals surface area contributed by atoms with Crippen LogP contribution in [-0.4, -0.2) is 36.5 Å². The van der Waals surface area contributed by atoms with Crippen molar-refractivity contribution in [3.8, 4) is 11.4 Å². The zero-order valence-corrected chi connectivity index (χ0v) is 31.4. The molecule has 4 aromatic carbocycles. The molecular formula is C34H20Cl6F6N6O3. The van der Waals surface area contributed by atoms with E-state index in [0.717, 1.165) is 6.07 Å². The first-order valence-electron chi connectivity index (χ1n) is 14.7. The molecule has 288 valence electrons. The van der Waals surface area contributed by atoms with Gasteiger partial charge in [-0.05, 0) is 60.7 Å². The van der Waals surface area contributed by atoms with Crippen LogP contribution in [0.5, 0.6) is 0 Å². The summed E-state index contributed by atoms with van der Waals surface area (Å²) >= 11 is 34.6. The SMILES string of the molecule is Nc1ccccc1Cl.O=C(Nc1ccccc1Cl)c1cc(C(F)(F)F)n(-c2ccc(Cl)c(Cl)c2)n1.O=C(O)c1cc(C(F)(F)F)n(-c2ccc(Cl)c(Cl)c2)n1. The minimum atomic E-state index is -4.76. The Balaban J connectivity index is 0.000000209. The number of nitrogens with zero attached hydrogens (tertiary/aromatic N) is 4.